The predicted molar refractivity (Wildman–Crippen MR) is 82.2 cm³/mol. The SMILES string of the molecule is FC(F)Oc1ccccc1N1CC[C@H](Nc2nnc(C(F)(F)F)s2)C1. The second-order valence-corrected chi connectivity index (χ2v) is 6.31. The van der Waals surface area contributed by atoms with Crippen LogP contribution in [0.5, 0.6) is 5.75 Å². The van der Waals surface area contributed by atoms with Gasteiger partial charge in [0.1, 0.15) is 5.75 Å². The molecule has 0 radical (unpaired) electrons. The number of nitrogens with zero attached hydrogens (tertiary/aromatic N) is 3. The van der Waals surface area contributed by atoms with E-state index in [4.69, 9.17) is 0 Å². The van der Waals surface area contributed by atoms with Crippen LogP contribution in [0.3, 0.4) is 0 Å². The van der Waals surface area contributed by atoms with Crippen LogP contribution >= 0.6 is 11.3 Å². The van der Waals surface area contributed by atoms with Crippen molar-refractivity contribution in [2.24, 2.45) is 0 Å². The summed E-state index contributed by atoms with van der Waals surface area (Å²) in [5, 5.41) is 8.59. The molecule has 1 aliphatic rings. The number of hydrogen-bond donors (Lipinski definition) is 1. The maximum absolute atomic E-state index is 12.5. The van der Waals surface area contributed by atoms with Crippen LogP contribution in [0.15, 0.2) is 24.3 Å². The zero-order valence-corrected chi connectivity index (χ0v) is 13.4. The molecule has 2 heterocycles. The summed E-state index contributed by atoms with van der Waals surface area (Å²) in [4.78, 5) is 1.83. The lowest BCUT2D eigenvalue weighted by atomic mass is 10.2. The number of halogens is 5. The fourth-order valence-electron chi connectivity index (χ4n) is 2.58. The number of hydrogen-bond acceptors (Lipinski definition) is 6. The predicted octanol–water partition coefficient (Wildman–Crippen LogP) is 3.85. The first-order valence-electron chi connectivity index (χ1n) is 7.29. The van der Waals surface area contributed by atoms with Crippen molar-refractivity contribution < 1.29 is 26.7 Å². The Balaban J connectivity index is 1.65. The Bertz CT molecular complexity index is 723. The molecule has 1 aliphatic heterocycles. The maximum Gasteiger partial charge on any atom is 0.445 e. The molecule has 5 nitrogen and oxygen atoms in total. The molecule has 3 rings (SSSR count). The Morgan fingerprint density at radius 2 is 2.00 bits per heavy atom. The molecule has 1 saturated heterocycles. The number of benzene rings is 1. The molecule has 1 fully saturated rings. The van der Waals surface area contributed by atoms with E-state index in [1.165, 1.54) is 6.07 Å². The summed E-state index contributed by atoms with van der Waals surface area (Å²) < 4.78 is 67.1. The van der Waals surface area contributed by atoms with Crippen LogP contribution < -0.4 is 15.0 Å². The minimum atomic E-state index is -4.52. The maximum atomic E-state index is 12.5. The molecule has 1 atom stereocenters. The van der Waals surface area contributed by atoms with E-state index in [2.05, 4.69) is 20.3 Å². The van der Waals surface area contributed by atoms with Crippen molar-refractivity contribution in [3.05, 3.63) is 29.3 Å². The highest BCUT2D eigenvalue weighted by atomic mass is 32.1. The number of anilines is 2. The molecule has 0 spiro atoms. The molecular weight excluding hydrogens is 367 g/mol. The number of aromatic nitrogens is 2. The quantitative estimate of drug-likeness (QED) is 0.799. The third-order valence-electron chi connectivity index (χ3n) is 3.61. The van der Waals surface area contributed by atoms with Gasteiger partial charge >= 0.3 is 12.8 Å². The third-order valence-corrected chi connectivity index (χ3v) is 4.50. The van der Waals surface area contributed by atoms with Gasteiger partial charge in [-0.3, -0.25) is 0 Å². The Morgan fingerprint density at radius 3 is 2.68 bits per heavy atom. The van der Waals surface area contributed by atoms with E-state index < -0.39 is 17.8 Å². The lowest BCUT2D eigenvalue weighted by Crippen LogP contribution is -2.26. The van der Waals surface area contributed by atoms with Crippen molar-refractivity contribution in [2.45, 2.75) is 25.3 Å². The fourth-order valence-corrected chi connectivity index (χ4v) is 3.27. The highest BCUT2D eigenvalue weighted by Crippen LogP contribution is 2.35. The lowest BCUT2D eigenvalue weighted by molar-refractivity contribution is -0.138. The summed E-state index contributed by atoms with van der Waals surface area (Å²) >= 11 is 0.435. The number of alkyl halides is 5. The number of ether oxygens (including phenoxy) is 1. The Hall–Kier alpha value is -2.17. The molecule has 0 saturated carbocycles. The van der Waals surface area contributed by atoms with Gasteiger partial charge in [-0.15, -0.1) is 10.2 Å². The van der Waals surface area contributed by atoms with E-state index >= 15 is 0 Å². The highest BCUT2D eigenvalue weighted by Gasteiger charge is 2.36. The smallest absolute Gasteiger partial charge is 0.433 e. The zero-order chi connectivity index (χ0) is 18.0. The van der Waals surface area contributed by atoms with Gasteiger partial charge in [-0.05, 0) is 18.6 Å². The summed E-state index contributed by atoms with van der Waals surface area (Å²) in [5.74, 6) is 0.0634. The summed E-state index contributed by atoms with van der Waals surface area (Å²) in [6, 6.07) is 6.23. The monoisotopic (exact) mass is 380 g/mol. The van der Waals surface area contributed by atoms with Gasteiger partial charge < -0.3 is 15.0 Å². The first-order valence-corrected chi connectivity index (χ1v) is 8.10. The van der Waals surface area contributed by atoms with Gasteiger partial charge in [-0.1, -0.05) is 23.5 Å². The van der Waals surface area contributed by atoms with Crippen molar-refractivity contribution in [2.75, 3.05) is 23.3 Å². The average molecular weight is 380 g/mol. The number of rotatable bonds is 5. The van der Waals surface area contributed by atoms with E-state index in [9.17, 15) is 22.0 Å². The number of para-hydroxylation sites is 2. The van der Waals surface area contributed by atoms with Gasteiger partial charge in [0.15, 0.2) is 0 Å². The molecular formula is C14H13F5N4OS. The molecule has 11 heteroatoms. The highest BCUT2D eigenvalue weighted by molar-refractivity contribution is 7.15. The normalized spacial score (nSPS) is 18.0. The van der Waals surface area contributed by atoms with Gasteiger partial charge in [-0.25, -0.2) is 0 Å². The summed E-state index contributed by atoms with van der Waals surface area (Å²) in [5.41, 5.74) is 0.514. The average Bonchev–Trinajstić information content (AvgIpc) is 3.17. The van der Waals surface area contributed by atoms with Crippen LogP contribution in [0.4, 0.5) is 32.8 Å². The summed E-state index contributed by atoms with van der Waals surface area (Å²) in [6.07, 6.45) is -3.91. The number of nitrogens with one attached hydrogen (secondary N) is 1. The minimum Gasteiger partial charge on any atom is -0.433 e. The Kier molecular flexibility index (Phi) is 4.93. The summed E-state index contributed by atoms with van der Waals surface area (Å²) in [7, 11) is 0. The van der Waals surface area contributed by atoms with E-state index in [0.29, 0.717) is 36.5 Å². The minimum absolute atomic E-state index is 0.0634. The lowest BCUT2D eigenvalue weighted by Gasteiger charge is -2.21. The molecule has 0 aliphatic carbocycles. The van der Waals surface area contributed by atoms with Gasteiger partial charge in [-0.2, -0.15) is 22.0 Å². The third kappa shape index (κ3) is 4.27. The van der Waals surface area contributed by atoms with Crippen LogP contribution in [0.2, 0.25) is 0 Å². The fraction of sp³-hybridized carbons (Fsp3) is 0.429. The van der Waals surface area contributed by atoms with Crippen LogP contribution in [-0.4, -0.2) is 35.9 Å². The second kappa shape index (κ2) is 6.98. The van der Waals surface area contributed by atoms with Crippen LogP contribution in [0.25, 0.3) is 0 Å². The molecule has 1 aromatic heterocycles. The van der Waals surface area contributed by atoms with Crippen LogP contribution in [0, 0.1) is 0 Å². The first-order chi connectivity index (χ1) is 11.8. The molecule has 25 heavy (non-hydrogen) atoms. The largest absolute Gasteiger partial charge is 0.445 e. The van der Waals surface area contributed by atoms with Gasteiger partial charge in [0.05, 0.1) is 5.69 Å². The standard InChI is InChI=1S/C14H13F5N4OS/c15-12(16)24-10-4-2-1-3-9(10)23-6-5-8(7-23)20-13-22-21-11(25-13)14(17,18)19/h1-4,8,12H,5-7H2,(H,20,22)/t8-/m0/s1. The van der Waals surface area contributed by atoms with Crippen molar-refractivity contribution >= 4 is 22.2 Å². The molecule has 1 N–H and O–H groups in total. The van der Waals surface area contributed by atoms with E-state index in [1.54, 1.807) is 18.2 Å². The van der Waals surface area contributed by atoms with Crippen molar-refractivity contribution in [3.8, 4) is 5.75 Å². The van der Waals surface area contributed by atoms with E-state index in [1.807, 2.05) is 4.90 Å². The zero-order valence-electron chi connectivity index (χ0n) is 12.6. The van der Waals surface area contributed by atoms with Crippen LogP contribution in [0.1, 0.15) is 11.4 Å². The van der Waals surface area contributed by atoms with Crippen molar-refractivity contribution in [1.29, 1.82) is 0 Å². The van der Waals surface area contributed by atoms with E-state index in [0.717, 1.165) is 0 Å². The Labute approximate surface area is 143 Å². The van der Waals surface area contributed by atoms with Crippen molar-refractivity contribution in [1.82, 2.24) is 10.2 Å². The van der Waals surface area contributed by atoms with Gasteiger partial charge in [0.2, 0.25) is 10.1 Å². The molecule has 0 amide bonds. The molecule has 136 valence electrons. The molecule has 0 bridgehead atoms. The van der Waals surface area contributed by atoms with Gasteiger partial charge in [0, 0.05) is 19.1 Å². The molecule has 1 aromatic carbocycles. The van der Waals surface area contributed by atoms with Crippen molar-refractivity contribution in [3.63, 3.8) is 0 Å². The summed E-state index contributed by atoms with van der Waals surface area (Å²) in [6.45, 7) is -1.96. The van der Waals surface area contributed by atoms with E-state index in [-0.39, 0.29) is 16.9 Å². The van der Waals surface area contributed by atoms with Gasteiger partial charge in [0.25, 0.3) is 0 Å². The van der Waals surface area contributed by atoms with Crippen LogP contribution in [-0.2, 0) is 6.18 Å². The first kappa shape index (κ1) is 17.6. The second-order valence-electron chi connectivity index (χ2n) is 5.33. The topological polar surface area (TPSA) is 50.3 Å². The molecule has 2 aromatic rings. The Morgan fingerprint density at radius 1 is 1.24 bits per heavy atom. The molecule has 0 unspecified atom stereocenters.